The molecule has 4 fully saturated rings. The molecule has 17 heteroatoms. The first-order valence-corrected chi connectivity index (χ1v) is 20.8. The number of halogens is 4. The van der Waals surface area contributed by atoms with Gasteiger partial charge < -0.3 is 23.8 Å². The monoisotopic (exact) mass is 856 g/mol. The first-order chi connectivity index (χ1) is 29.8. The van der Waals surface area contributed by atoms with E-state index < -0.39 is 42.3 Å². The van der Waals surface area contributed by atoms with Gasteiger partial charge in [0.2, 0.25) is 6.79 Å². The SMILES string of the molecule is CC(=O)Oc1cc(-c2ncc3c(N4CC5CCC(C4)N5C(=O)OCOC(=O)C(C)C)nc(OCC45CCCN4C(c4ccc(F)cc4)CC5)nc3c2F)c2c(F)c(F)ccc2c1. The lowest BCUT2D eigenvalue weighted by Crippen LogP contribution is -2.56. The third-order valence-electron chi connectivity index (χ3n) is 12.6. The molecule has 4 saturated heterocycles. The molecule has 13 nitrogen and oxygen atoms in total. The van der Waals surface area contributed by atoms with Crippen LogP contribution in [0.15, 0.2) is 54.7 Å². The molecule has 3 aromatic carbocycles. The number of anilines is 1. The number of benzene rings is 3. The van der Waals surface area contributed by atoms with Crippen molar-refractivity contribution < 1.29 is 50.9 Å². The number of rotatable bonds is 10. The molecule has 0 radical (unpaired) electrons. The molecule has 1 amide bonds. The Bertz CT molecular complexity index is 2580. The van der Waals surface area contributed by atoms with E-state index in [2.05, 4.69) is 14.9 Å². The molecular weight excluding hydrogens is 813 g/mol. The number of ether oxygens (including phenoxy) is 4. The minimum atomic E-state index is -1.23. The van der Waals surface area contributed by atoms with Gasteiger partial charge in [0.05, 0.1) is 28.9 Å². The van der Waals surface area contributed by atoms with Crippen LogP contribution in [0.25, 0.3) is 32.9 Å². The van der Waals surface area contributed by atoms with Crippen LogP contribution in [0.2, 0.25) is 0 Å². The summed E-state index contributed by atoms with van der Waals surface area (Å²) in [5.74, 6) is -4.96. The Morgan fingerprint density at radius 3 is 2.39 bits per heavy atom. The van der Waals surface area contributed by atoms with E-state index in [0.29, 0.717) is 18.7 Å². The fourth-order valence-electron chi connectivity index (χ4n) is 9.78. The smallest absolute Gasteiger partial charge is 0.413 e. The lowest BCUT2D eigenvalue weighted by Gasteiger charge is -2.41. The quantitative estimate of drug-likeness (QED) is 0.0583. The largest absolute Gasteiger partial charge is 0.461 e. The van der Waals surface area contributed by atoms with E-state index >= 15 is 8.78 Å². The van der Waals surface area contributed by atoms with E-state index in [-0.39, 0.29) is 99.8 Å². The van der Waals surface area contributed by atoms with Crippen molar-refractivity contribution in [3.63, 3.8) is 0 Å². The Morgan fingerprint density at radius 2 is 1.66 bits per heavy atom. The number of aromatic nitrogens is 3. The standard InChI is InChI=1S/C45H44F4N6O7/c1-24(2)42(57)60-23-61-44(58)55-29-10-11-30(55)21-53(20-29)41-33-19-50-39(32-18-31(62-25(3)56)17-27-7-12-34(47)37(48)36(27)32)38(49)40(33)51-43(52-41)59-22-45-14-4-16-54(45)35(13-15-45)26-5-8-28(46)9-6-26/h5-9,12,17-19,24,29-30,35H,4,10-11,13-16,20-23H2,1-3H3. The summed E-state index contributed by atoms with van der Waals surface area (Å²) in [5, 5.41) is 0.0835. The molecule has 9 rings (SSSR count). The molecule has 0 spiro atoms. The number of pyridine rings is 1. The topological polar surface area (TPSA) is 137 Å². The molecule has 2 bridgehead atoms. The normalized spacial score (nSPS) is 22.1. The predicted molar refractivity (Wildman–Crippen MR) is 217 cm³/mol. The van der Waals surface area contributed by atoms with Gasteiger partial charge in [0.1, 0.15) is 35.2 Å². The van der Waals surface area contributed by atoms with Crippen LogP contribution in [-0.2, 0) is 19.1 Å². The van der Waals surface area contributed by atoms with E-state index in [4.69, 9.17) is 23.9 Å². The van der Waals surface area contributed by atoms with Crippen molar-refractivity contribution in [1.82, 2.24) is 24.8 Å². The minimum absolute atomic E-state index is 0.0273. The Labute approximate surface area is 353 Å². The van der Waals surface area contributed by atoms with Crippen molar-refractivity contribution in [3.8, 4) is 23.0 Å². The Balaban J connectivity index is 1.09. The number of hydrogen-bond acceptors (Lipinski definition) is 12. The predicted octanol–water partition coefficient (Wildman–Crippen LogP) is 8.02. The van der Waals surface area contributed by atoms with Gasteiger partial charge in [-0.1, -0.05) is 32.0 Å². The number of hydrogen-bond donors (Lipinski definition) is 0. The van der Waals surface area contributed by atoms with E-state index in [1.165, 1.54) is 43.5 Å². The van der Waals surface area contributed by atoms with Gasteiger partial charge in [0.25, 0.3) is 0 Å². The van der Waals surface area contributed by atoms with Crippen LogP contribution in [0.3, 0.4) is 0 Å². The number of nitrogens with zero attached hydrogens (tertiary/aromatic N) is 6. The van der Waals surface area contributed by atoms with Crippen molar-refractivity contribution in [3.05, 3.63) is 83.6 Å². The maximum Gasteiger partial charge on any atom is 0.413 e. The fourth-order valence-corrected chi connectivity index (χ4v) is 9.78. The van der Waals surface area contributed by atoms with Crippen LogP contribution < -0.4 is 14.4 Å². The summed E-state index contributed by atoms with van der Waals surface area (Å²) in [4.78, 5) is 57.1. The number of amides is 1. The van der Waals surface area contributed by atoms with Crippen molar-refractivity contribution in [2.75, 3.05) is 37.9 Å². The average molecular weight is 857 g/mol. The lowest BCUT2D eigenvalue weighted by atomic mass is 9.95. The van der Waals surface area contributed by atoms with Gasteiger partial charge in [-0.3, -0.25) is 24.4 Å². The molecule has 4 unspecified atom stereocenters. The fraction of sp³-hybridized carbons (Fsp3) is 0.422. The Hall–Kier alpha value is -6.10. The van der Waals surface area contributed by atoms with E-state index in [9.17, 15) is 23.2 Å². The first-order valence-electron chi connectivity index (χ1n) is 20.8. The summed E-state index contributed by atoms with van der Waals surface area (Å²) in [6.45, 7) is 5.57. The van der Waals surface area contributed by atoms with E-state index in [0.717, 1.165) is 43.9 Å². The second-order valence-corrected chi connectivity index (χ2v) is 16.8. The lowest BCUT2D eigenvalue weighted by molar-refractivity contribution is -0.156. The number of carbonyl (C=O) groups is 3. The molecule has 0 saturated carbocycles. The van der Waals surface area contributed by atoms with Crippen LogP contribution in [0.5, 0.6) is 11.8 Å². The van der Waals surface area contributed by atoms with Crippen LogP contribution >= 0.6 is 0 Å². The number of esters is 2. The molecular formula is C45H44F4N6O7. The third kappa shape index (κ3) is 7.49. The highest BCUT2D eigenvalue weighted by molar-refractivity contribution is 6.00. The van der Waals surface area contributed by atoms with E-state index in [1.54, 1.807) is 18.7 Å². The highest BCUT2D eigenvalue weighted by Gasteiger charge is 2.50. The van der Waals surface area contributed by atoms with Gasteiger partial charge in [0.15, 0.2) is 17.5 Å². The molecule has 4 atom stereocenters. The summed E-state index contributed by atoms with van der Waals surface area (Å²) in [6.07, 6.45) is 5.41. The third-order valence-corrected chi connectivity index (χ3v) is 12.6. The molecule has 4 aliphatic rings. The van der Waals surface area contributed by atoms with E-state index in [1.807, 2.05) is 17.0 Å². The zero-order valence-corrected chi connectivity index (χ0v) is 34.3. The van der Waals surface area contributed by atoms with Crippen LogP contribution in [-0.4, -0.2) is 93.4 Å². The second kappa shape index (κ2) is 16.3. The van der Waals surface area contributed by atoms with Crippen molar-refractivity contribution in [2.45, 2.75) is 83.0 Å². The van der Waals surface area contributed by atoms with Gasteiger partial charge in [-0.2, -0.15) is 9.97 Å². The summed E-state index contributed by atoms with van der Waals surface area (Å²) in [7, 11) is 0. The van der Waals surface area contributed by atoms with Crippen LogP contribution in [0, 0.1) is 29.2 Å². The maximum atomic E-state index is 17.3. The van der Waals surface area contributed by atoms with Gasteiger partial charge in [-0.05, 0) is 86.4 Å². The molecule has 4 aliphatic heterocycles. The van der Waals surface area contributed by atoms with Crippen LogP contribution in [0.4, 0.5) is 28.2 Å². The second-order valence-electron chi connectivity index (χ2n) is 16.8. The van der Waals surface area contributed by atoms with Crippen molar-refractivity contribution >= 4 is 45.5 Å². The molecule has 324 valence electrons. The summed E-state index contributed by atoms with van der Waals surface area (Å²) in [5.41, 5.74) is -0.111. The summed E-state index contributed by atoms with van der Waals surface area (Å²) >= 11 is 0. The number of piperazine rings is 1. The molecule has 5 aromatic rings. The molecule has 0 aliphatic carbocycles. The summed E-state index contributed by atoms with van der Waals surface area (Å²) in [6, 6.07) is 10.6. The summed E-state index contributed by atoms with van der Waals surface area (Å²) < 4.78 is 83.7. The van der Waals surface area contributed by atoms with Gasteiger partial charge in [0, 0.05) is 43.2 Å². The molecule has 6 heterocycles. The number of fused-ring (bicyclic) bond motifs is 5. The molecule has 2 aromatic heterocycles. The Morgan fingerprint density at radius 1 is 0.903 bits per heavy atom. The zero-order valence-electron chi connectivity index (χ0n) is 34.3. The van der Waals surface area contributed by atoms with Gasteiger partial charge in [-0.25, -0.2) is 22.4 Å². The highest BCUT2D eigenvalue weighted by Crippen LogP contribution is 2.49. The molecule has 62 heavy (non-hydrogen) atoms. The van der Waals surface area contributed by atoms with Gasteiger partial charge in [-0.15, -0.1) is 0 Å². The average Bonchev–Trinajstić information content (AvgIpc) is 3.90. The molecule has 0 N–H and O–H groups in total. The number of carbonyl (C=O) groups excluding carboxylic acids is 3. The zero-order chi connectivity index (χ0) is 43.4. The minimum Gasteiger partial charge on any atom is -0.461 e. The van der Waals surface area contributed by atoms with Gasteiger partial charge >= 0.3 is 24.0 Å². The first kappa shape index (κ1) is 41.3. The van der Waals surface area contributed by atoms with Crippen molar-refractivity contribution in [2.24, 2.45) is 5.92 Å². The maximum absolute atomic E-state index is 17.3. The Kier molecular flexibility index (Phi) is 10.9. The van der Waals surface area contributed by atoms with Crippen molar-refractivity contribution in [1.29, 1.82) is 0 Å². The highest BCUT2D eigenvalue weighted by atomic mass is 19.2. The van der Waals surface area contributed by atoms with Crippen LogP contribution in [0.1, 0.15) is 70.9 Å².